The van der Waals surface area contributed by atoms with E-state index in [1.807, 2.05) is 0 Å². The van der Waals surface area contributed by atoms with Crippen LogP contribution in [-0.2, 0) is 4.57 Å². The van der Waals surface area contributed by atoms with Crippen LogP contribution in [0, 0.1) is 0 Å². The molecule has 0 spiro atoms. The van der Waals surface area contributed by atoms with E-state index < -0.39 is 16.7 Å². The molecule has 238 valence electrons. The van der Waals surface area contributed by atoms with Crippen LogP contribution in [-0.4, -0.2) is 25.1 Å². The molecule has 0 amide bonds. The Morgan fingerprint density at radius 1 is 0.513 bits per heavy atom. The van der Waals surface area contributed by atoms with Crippen LogP contribution in [0.25, 0.3) is 0 Å². The van der Waals surface area contributed by atoms with Gasteiger partial charge in [-0.3, -0.25) is 0 Å². The van der Waals surface area contributed by atoms with Gasteiger partial charge in [0.15, 0.2) is 0 Å². The second-order valence-corrected chi connectivity index (χ2v) is 46.0. The summed E-state index contributed by atoms with van der Waals surface area (Å²) in [5.74, 6) is 0. The van der Waals surface area contributed by atoms with E-state index in [4.69, 9.17) is 0 Å². The number of unbranched alkanes of at least 4 members (excludes halogenated alkanes) is 22. The SMILES string of the molecule is CCCCCCCCCCCCCCC(CCCCCCCCCCCCCC)(CP(=O)(O)O)[As](C)(C)(C)I. The van der Waals surface area contributed by atoms with Gasteiger partial charge in [0.05, 0.1) is 0 Å². The van der Waals surface area contributed by atoms with Gasteiger partial charge in [0.1, 0.15) is 0 Å². The van der Waals surface area contributed by atoms with Gasteiger partial charge in [-0.1, -0.05) is 39.5 Å². The molecule has 39 heavy (non-hydrogen) atoms. The molecule has 0 aromatic rings. The molecule has 0 aromatic carbocycles. The molecule has 0 radical (unpaired) electrons. The van der Waals surface area contributed by atoms with Crippen molar-refractivity contribution >= 4 is 36.8 Å². The third-order valence-corrected chi connectivity index (χ3v) is 24.0. The average Bonchev–Trinajstić information content (AvgIpc) is 2.83. The van der Waals surface area contributed by atoms with Crippen molar-refractivity contribution in [2.75, 3.05) is 6.16 Å². The zero-order valence-electron chi connectivity index (χ0n) is 27.2. The summed E-state index contributed by atoms with van der Waals surface area (Å²) in [4.78, 5) is 20.3. The Kier molecular flexibility index (Phi) is 23.7. The second-order valence-electron chi connectivity index (χ2n) is 13.9. The maximum atomic E-state index is 12.4. The van der Waals surface area contributed by atoms with Crippen molar-refractivity contribution in [1.29, 1.82) is 0 Å². The average molecular weight is 749 g/mol. The van der Waals surface area contributed by atoms with Gasteiger partial charge in [0.25, 0.3) is 0 Å². The van der Waals surface area contributed by atoms with Gasteiger partial charge in [-0.15, -0.1) is 0 Å². The van der Waals surface area contributed by atoms with Crippen LogP contribution in [0.3, 0.4) is 0 Å². The van der Waals surface area contributed by atoms with Gasteiger partial charge in [-0.05, 0) is 0 Å². The van der Waals surface area contributed by atoms with E-state index in [1.165, 1.54) is 141 Å². The van der Waals surface area contributed by atoms with Crippen LogP contribution in [0.2, 0.25) is 21.3 Å². The van der Waals surface area contributed by atoms with Crippen LogP contribution in [0.4, 0.5) is 0 Å². The summed E-state index contributed by atoms with van der Waals surface area (Å²) >= 11 is 2.69. The standard InChI is InChI=1S/C33H71AsIO3P/c1-6-8-10-12-14-16-18-20-22-24-26-28-30-33(32-39(36,37)38,34(3,4,5)35)31-29-27-25-23-21-19-17-15-13-11-9-7-2/h6-32H2,1-5H3,(H2,36,37,38). The first kappa shape index (κ1) is 40.4. The van der Waals surface area contributed by atoms with Gasteiger partial charge < -0.3 is 0 Å². The molecule has 0 atom stereocenters. The van der Waals surface area contributed by atoms with Crippen molar-refractivity contribution in [2.24, 2.45) is 0 Å². The van der Waals surface area contributed by atoms with Crippen LogP contribution in [0.1, 0.15) is 181 Å². The molecule has 3 nitrogen and oxygen atoms in total. The van der Waals surface area contributed by atoms with Gasteiger partial charge >= 0.3 is 220 Å². The molecular weight excluding hydrogens is 677 g/mol. The molecule has 2 N–H and O–H groups in total. The van der Waals surface area contributed by atoms with E-state index in [2.05, 4.69) is 51.1 Å². The van der Waals surface area contributed by atoms with Crippen LogP contribution >= 0.6 is 27.7 Å². The monoisotopic (exact) mass is 748 g/mol. The summed E-state index contributed by atoms with van der Waals surface area (Å²) in [7, 11) is -6.94. The first-order valence-corrected chi connectivity index (χ1v) is 31.2. The first-order chi connectivity index (χ1) is 18.3. The minimum atomic E-state index is -4.06. The Morgan fingerprint density at radius 3 is 0.949 bits per heavy atom. The number of halogens is 1. The second kappa shape index (κ2) is 22.9. The molecule has 0 saturated heterocycles. The van der Waals surface area contributed by atoms with Gasteiger partial charge in [0.2, 0.25) is 0 Å². The number of hydrogen-bond acceptors (Lipinski definition) is 1. The normalized spacial score (nSPS) is 14.0. The Balaban J connectivity index is 4.49. The van der Waals surface area contributed by atoms with Crippen molar-refractivity contribution < 1.29 is 14.4 Å². The quantitative estimate of drug-likeness (QED) is 0.0347. The molecule has 0 bridgehead atoms. The maximum absolute atomic E-state index is 12.4. The molecule has 0 aliphatic rings. The topological polar surface area (TPSA) is 57.5 Å². The summed E-state index contributed by atoms with van der Waals surface area (Å²) in [6.07, 6.45) is 34.1. The molecule has 0 rings (SSSR count). The van der Waals surface area contributed by atoms with E-state index >= 15 is 0 Å². The molecule has 0 aliphatic heterocycles. The Morgan fingerprint density at radius 2 is 0.744 bits per heavy atom. The molecule has 0 saturated carbocycles. The zero-order valence-corrected chi connectivity index (χ0v) is 32.1. The van der Waals surface area contributed by atoms with E-state index in [0.29, 0.717) is 0 Å². The van der Waals surface area contributed by atoms with E-state index in [0.717, 1.165) is 25.7 Å². The predicted octanol–water partition coefficient (Wildman–Crippen LogP) is 13.3. The third kappa shape index (κ3) is 22.6. The predicted molar refractivity (Wildman–Crippen MR) is 188 cm³/mol. The Hall–Kier alpha value is 1.44. The molecule has 6 heteroatoms. The summed E-state index contributed by atoms with van der Waals surface area (Å²) in [6, 6.07) is 0. The fraction of sp³-hybridized carbons (Fsp3) is 1.00. The van der Waals surface area contributed by atoms with Crippen LogP contribution in [0.5, 0.6) is 0 Å². The molecular formula is C33H71AsIO3P. The molecule has 0 heterocycles. The van der Waals surface area contributed by atoms with Gasteiger partial charge in [-0.2, -0.15) is 0 Å². The summed E-state index contributed by atoms with van der Waals surface area (Å²) in [5, 5.41) is 0. The van der Waals surface area contributed by atoms with Crippen molar-refractivity contribution in [3.05, 3.63) is 0 Å². The zero-order chi connectivity index (χ0) is 29.5. The summed E-state index contributed by atoms with van der Waals surface area (Å²) in [6.45, 7) is 4.56. The van der Waals surface area contributed by atoms with Gasteiger partial charge in [-0.25, -0.2) is 0 Å². The molecule has 0 fully saturated rings. The van der Waals surface area contributed by atoms with Crippen molar-refractivity contribution in [2.45, 2.75) is 202 Å². The first-order valence-electron chi connectivity index (χ1n) is 17.1. The van der Waals surface area contributed by atoms with Crippen LogP contribution in [0.15, 0.2) is 0 Å². The molecule has 0 aliphatic carbocycles. The summed E-state index contributed by atoms with van der Waals surface area (Å²) < 4.78 is 12.2. The fourth-order valence-electron chi connectivity index (χ4n) is 6.25. The van der Waals surface area contributed by atoms with Crippen molar-refractivity contribution in [3.63, 3.8) is 0 Å². The van der Waals surface area contributed by atoms with Gasteiger partial charge in [0, 0.05) is 0 Å². The van der Waals surface area contributed by atoms with Crippen LogP contribution < -0.4 is 0 Å². The Labute approximate surface area is 258 Å². The Bertz CT molecular complexity index is 577. The number of hydrogen-bond donors (Lipinski definition) is 2. The third-order valence-electron chi connectivity index (χ3n) is 9.09. The minimum absolute atomic E-state index is 0.105. The molecule has 0 aromatic heterocycles. The molecule has 0 unspecified atom stereocenters. The van der Waals surface area contributed by atoms with Crippen molar-refractivity contribution in [1.82, 2.24) is 0 Å². The van der Waals surface area contributed by atoms with Crippen molar-refractivity contribution in [3.8, 4) is 0 Å². The van der Waals surface area contributed by atoms with E-state index in [-0.39, 0.29) is 10.4 Å². The summed E-state index contributed by atoms with van der Waals surface area (Å²) in [5.41, 5.74) is 7.20. The number of rotatable bonds is 29. The fourth-order valence-corrected chi connectivity index (χ4v) is 20.7. The van der Waals surface area contributed by atoms with E-state index in [9.17, 15) is 14.4 Å². The van der Waals surface area contributed by atoms with E-state index in [1.54, 1.807) is 0 Å².